The molecule has 0 aliphatic heterocycles. The molecule has 0 unspecified atom stereocenters. The molecule has 3 rings (SSSR count). The van der Waals surface area contributed by atoms with Crippen molar-refractivity contribution >= 4 is 39.4 Å². The predicted molar refractivity (Wildman–Crippen MR) is 114 cm³/mol. The van der Waals surface area contributed by atoms with Crippen molar-refractivity contribution in [2.45, 2.75) is 6.42 Å². The lowest BCUT2D eigenvalue weighted by molar-refractivity contribution is 0.0696. The third-order valence-corrected chi connectivity index (χ3v) is 5.36. The Morgan fingerprint density at radius 2 is 1.75 bits per heavy atom. The molecule has 3 aromatic carbocycles. The van der Waals surface area contributed by atoms with E-state index in [1.807, 2.05) is 42.5 Å². The monoisotopic (exact) mass is 457 g/mol. The van der Waals surface area contributed by atoms with Gasteiger partial charge < -0.3 is 10.4 Å². The summed E-state index contributed by atoms with van der Waals surface area (Å²) in [5.74, 6) is -1.23. The van der Waals surface area contributed by atoms with Crippen LogP contribution in [0.15, 0.2) is 71.2 Å². The normalized spacial score (nSPS) is 10.5. The van der Waals surface area contributed by atoms with Gasteiger partial charge in [-0.15, -0.1) is 0 Å². The smallest absolute Gasteiger partial charge is 0.335 e. The average molecular weight is 459 g/mol. The average Bonchev–Trinajstić information content (AvgIpc) is 2.69. The van der Waals surface area contributed by atoms with Crippen LogP contribution in [0.3, 0.4) is 0 Å². The molecule has 0 atom stereocenters. The molecule has 0 radical (unpaired) electrons. The summed E-state index contributed by atoms with van der Waals surface area (Å²) in [6.45, 7) is 0.392. The van der Waals surface area contributed by atoms with Crippen LogP contribution in [0.5, 0.6) is 0 Å². The molecular formula is C22H17BrClNO3. The van der Waals surface area contributed by atoms with Gasteiger partial charge in [0.15, 0.2) is 0 Å². The molecule has 142 valence electrons. The van der Waals surface area contributed by atoms with Crippen molar-refractivity contribution in [3.63, 3.8) is 0 Å². The number of benzene rings is 3. The Morgan fingerprint density at radius 3 is 2.43 bits per heavy atom. The summed E-state index contributed by atoms with van der Waals surface area (Å²) in [6.07, 6.45) is 0.553. The number of rotatable bonds is 6. The summed E-state index contributed by atoms with van der Waals surface area (Å²) in [4.78, 5) is 23.8. The van der Waals surface area contributed by atoms with Crippen molar-refractivity contribution in [1.82, 2.24) is 5.32 Å². The molecule has 0 heterocycles. The van der Waals surface area contributed by atoms with Gasteiger partial charge in [0.2, 0.25) is 0 Å². The molecule has 0 aliphatic carbocycles. The first-order valence-corrected chi connectivity index (χ1v) is 9.78. The second-order valence-corrected chi connectivity index (χ2v) is 7.41. The van der Waals surface area contributed by atoms with E-state index in [9.17, 15) is 9.59 Å². The molecule has 2 N–H and O–H groups in total. The first kappa shape index (κ1) is 20.1. The van der Waals surface area contributed by atoms with Crippen molar-refractivity contribution in [3.05, 3.63) is 92.9 Å². The molecule has 0 fully saturated rings. The van der Waals surface area contributed by atoms with Gasteiger partial charge in [-0.1, -0.05) is 76.1 Å². The number of nitrogens with one attached hydrogen (secondary N) is 1. The van der Waals surface area contributed by atoms with E-state index in [1.165, 1.54) is 0 Å². The summed E-state index contributed by atoms with van der Waals surface area (Å²) >= 11 is 9.70. The van der Waals surface area contributed by atoms with Crippen LogP contribution in [0.25, 0.3) is 11.1 Å². The number of hydrogen-bond donors (Lipinski definition) is 2. The molecule has 0 aliphatic rings. The third-order valence-electron chi connectivity index (χ3n) is 4.31. The van der Waals surface area contributed by atoms with E-state index in [4.69, 9.17) is 16.7 Å². The van der Waals surface area contributed by atoms with Gasteiger partial charge in [-0.2, -0.15) is 0 Å². The van der Waals surface area contributed by atoms with E-state index in [1.54, 1.807) is 24.3 Å². The first-order valence-electron chi connectivity index (χ1n) is 8.61. The number of carboxylic acids is 1. The molecule has 28 heavy (non-hydrogen) atoms. The molecule has 0 spiro atoms. The molecule has 0 bridgehead atoms. The first-order chi connectivity index (χ1) is 13.5. The van der Waals surface area contributed by atoms with Crippen molar-refractivity contribution in [3.8, 4) is 11.1 Å². The Morgan fingerprint density at radius 1 is 1.00 bits per heavy atom. The minimum absolute atomic E-state index is 0.211. The van der Waals surface area contributed by atoms with Crippen LogP contribution in [-0.4, -0.2) is 23.5 Å². The minimum Gasteiger partial charge on any atom is -0.478 e. The highest BCUT2D eigenvalue weighted by molar-refractivity contribution is 9.10. The van der Waals surface area contributed by atoms with Crippen LogP contribution in [0, 0.1) is 0 Å². The highest BCUT2D eigenvalue weighted by atomic mass is 79.9. The number of carbonyl (C=O) groups is 2. The summed E-state index contributed by atoms with van der Waals surface area (Å²) < 4.78 is 0.698. The van der Waals surface area contributed by atoms with E-state index < -0.39 is 5.97 Å². The second kappa shape index (κ2) is 9.04. The number of aromatic carboxylic acids is 1. The standard InChI is InChI=1S/C22H17BrClNO3/c23-18-13-16(22(27)28)10-9-15(18)11-12-25-21(26)20-17(7-4-8-19(20)24)14-5-2-1-3-6-14/h1-10,13H,11-12H2,(H,25,26)(H,27,28). The van der Waals surface area contributed by atoms with Gasteiger partial charge in [-0.3, -0.25) is 4.79 Å². The van der Waals surface area contributed by atoms with Gasteiger partial charge in [0.05, 0.1) is 16.1 Å². The van der Waals surface area contributed by atoms with Crippen LogP contribution < -0.4 is 5.32 Å². The third kappa shape index (κ3) is 4.61. The molecular weight excluding hydrogens is 442 g/mol. The number of carbonyl (C=O) groups excluding carboxylic acids is 1. The second-order valence-electron chi connectivity index (χ2n) is 6.15. The molecule has 0 aromatic heterocycles. The fourth-order valence-electron chi connectivity index (χ4n) is 2.90. The highest BCUT2D eigenvalue weighted by Gasteiger charge is 2.16. The lowest BCUT2D eigenvalue weighted by Gasteiger charge is -2.13. The van der Waals surface area contributed by atoms with Crippen LogP contribution in [0.1, 0.15) is 26.3 Å². The highest BCUT2D eigenvalue weighted by Crippen LogP contribution is 2.29. The Balaban J connectivity index is 1.74. The maximum absolute atomic E-state index is 12.8. The zero-order chi connectivity index (χ0) is 20.1. The number of carboxylic acid groups (broad SMARTS) is 1. The zero-order valence-electron chi connectivity index (χ0n) is 14.8. The van der Waals surface area contributed by atoms with Crippen molar-refractivity contribution in [2.24, 2.45) is 0 Å². The predicted octanol–water partition coefficient (Wildman–Crippen LogP) is 5.44. The quantitative estimate of drug-likeness (QED) is 0.517. The molecule has 6 heteroatoms. The van der Waals surface area contributed by atoms with E-state index in [0.29, 0.717) is 28.0 Å². The topological polar surface area (TPSA) is 66.4 Å². The summed E-state index contributed by atoms with van der Waals surface area (Å²) in [5, 5.41) is 12.3. The fraction of sp³-hybridized carbons (Fsp3) is 0.0909. The Bertz CT molecular complexity index is 1020. The zero-order valence-corrected chi connectivity index (χ0v) is 17.1. The summed E-state index contributed by atoms with van der Waals surface area (Å²) in [6, 6.07) is 19.8. The Hall–Kier alpha value is -2.63. The number of amides is 1. The Kier molecular flexibility index (Phi) is 6.49. The maximum atomic E-state index is 12.8. The van der Waals surface area contributed by atoms with Crippen molar-refractivity contribution < 1.29 is 14.7 Å². The fourth-order valence-corrected chi connectivity index (χ4v) is 3.73. The van der Waals surface area contributed by atoms with Crippen LogP contribution >= 0.6 is 27.5 Å². The molecule has 4 nitrogen and oxygen atoms in total. The van der Waals surface area contributed by atoms with Gasteiger partial charge in [0.25, 0.3) is 5.91 Å². The van der Waals surface area contributed by atoms with E-state index in [2.05, 4.69) is 21.2 Å². The maximum Gasteiger partial charge on any atom is 0.335 e. The van der Waals surface area contributed by atoms with Gasteiger partial charge in [-0.05, 0) is 41.3 Å². The van der Waals surface area contributed by atoms with Crippen molar-refractivity contribution in [2.75, 3.05) is 6.54 Å². The van der Waals surface area contributed by atoms with Gasteiger partial charge in [-0.25, -0.2) is 4.79 Å². The Labute approximate surface area is 176 Å². The lowest BCUT2D eigenvalue weighted by Crippen LogP contribution is -2.26. The van der Waals surface area contributed by atoms with E-state index in [0.717, 1.165) is 16.7 Å². The number of hydrogen-bond acceptors (Lipinski definition) is 2. The molecule has 3 aromatic rings. The number of halogens is 2. The lowest BCUT2D eigenvalue weighted by atomic mass is 9.99. The van der Waals surface area contributed by atoms with Crippen LogP contribution in [0.2, 0.25) is 5.02 Å². The van der Waals surface area contributed by atoms with Gasteiger partial charge in [0, 0.05) is 11.0 Å². The van der Waals surface area contributed by atoms with Crippen LogP contribution in [-0.2, 0) is 6.42 Å². The van der Waals surface area contributed by atoms with Gasteiger partial charge in [0.1, 0.15) is 0 Å². The molecule has 1 amide bonds. The SMILES string of the molecule is O=C(O)c1ccc(CCNC(=O)c2c(Cl)cccc2-c2ccccc2)c(Br)c1. The molecule has 0 saturated heterocycles. The summed E-state index contributed by atoms with van der Waals surface area (Å²) in [7, 11) is 0. The molecule has 0 saturated carbocycles. The van der Waals surface area contributed by atoms with E-state index in [-0.39, 0.29) is 11.5 Å². The van der Waals surface area contributed by atoms with Crippen molar-refractivity contribution in [1.29, 1.82) is 0 Å². The minimum atomic E-state index is -0.979. The van der Waals surface area contributed by atoms with Crippen LogP contribution in [0.4, 0.5) is 0 Å². The summed E-state index contributed by atoms with van der Waals surface area (Å²) in [5.41, 5.74) is 3.26. The largest absolute Gasteiger partial charge is 0.478 e. The van der Waals surface area contributed by atoms with Gasteiger partial charge >= 0.3 is 5.97 Å². The van der Waals surface area contributed by atoms with E-state index >= 15 is 0 Å².